The summed E-state index contributed by atoms with van der Waals surface area (Å²) in [6, 6.07) is 14.2. The predicted octanol–water partition coefficient (Wildman–Crippen LogP) is 2.55. The molecule has 0 spiro atoms. The number of rotatable bonds is 8. The fourth-order valence-electron chi connectivity index (χ4n) is 2.78. The van der Waals surface area contributed by atoms with Crippen molar-refractivity contribution in [2.45, 2.75) is 12.5 Å². The van der Waals surface area contributed by atoms with Crippen LogP contribution in [0.15, 0.2) is 60.9 Å². The van der Waals surface area contributed by atoms with Crippen molar-refractivity contribution in [1.82, 2.24) is 20.1 Å². The first kappa shape index (κ1) is 25.1. The Labute approximate surface area is 186 Å². The molecule has 0 radical (unpaired) electrons. The van der Waals surface area contributed by atoms with E-state index in [0.29, 0.717) is 17.9 Å². The number of aryl methyl sites for hydroxylation is 1. The van der Waals surface area contributed by atoms with Crippen LogP contribution in [0.4, 0.5) is 5.82 Å². The van der Waals surface area contributed by atoms with Gasteiger partial charge in [0.1, 0.15) is 5.82 Å². The molecule has 1 amide bonds. The van der Waals surface area contributed by atoms with E-state index >= 15 is 0 Å². The van der Waals surface area contributed by atoms with Crippen molar-refractivity contribution in [3.8, 4) is 11.3 Å². The van der Waals surface area contributed by atoms with E-state index in [1.54, 1.807) is 30.2 Å². The Morgan fingerprint density at radius 3 is 2.40 bits per heavy atom. The van der Waals surface area contributed by atoms with Crippen molar-refractivity contribution < 1.29 is 14.7 Å². The van der Waals surface area contributed by atoms with Crippen LogP contribution in [-0.2, 0) is 23.1 Å². The van der Waals surface area contributed by atoms with Gasteiger partial charge in [0.25, 0.3) is 0 Å². The Morgan fingerprint density at radius 1 is 1.10 bits per heavy atom. The van der Waals surface area contributed by atoms with Gasteiger partial charge in [0.15, 0.2) is 0 Å². The van der Waals surface area contributed by atoms with Crippen LogP contribution in [0.3, 0.4) is 0 Å². The number of hydrogen-bond acceptors (Lipinski definition) is 5. The van der Waals surface area contributed by atoms with Crippen LogP contribution in [0.1, 0.15) is 5.56 Å². The molecule has 30 heavy (non-hydrogen) atoms. The summed E-state index contributed by atoms with van der Waals surface area (Å²) in [4.78, 5) is 27.7. The zero-order valence-electron chi connectivity index (χ0n) is 16.2. The minimum absolute atomic E-state index is 0. The number of nitrogens with zero attached hydrogens (tertiary/aromatic N) is 3. The molecule has 160 valence electrons. The first-order valence-electron chi connectivity index (χ1n) is 8.77. The van der Waals surface area contributed by atoms with E-state index in [4.69, 9.17) is 5.11 Å². The van der Waals surface area contributed by atoms with Gasteiger partial charge in [-0.3, -0.25) is 24.6 Å². The number of carbonyl (C=O) groups is 2. The average molecular weight is 452 g/mol. The Morgan fingerprint density at radius 2 is 1.77 bits per heavy atom. The summed E-state index contributed by atoms with van der Waals surface area (Å²) in [6.07, 6.45) is 3.72. The molecule has 0 bridgehead atoms. The lowest BCUT2D eigenvalue weighted by Gasteiger charge is -2.17. The Hall–Kier alpha value is -2.94. The Kier molecular flexibility index (Phi) is 9.97. The molecule has 1 atom stereocenters. The number of carboxylic acid groups (broad SMARTS) is 1. The van der Waals surface area contributed by atoms with Crippen molar-refractivity contribution in [3.63, 3.8) is 0 Å². The van der Waals surface area contributed by atoms with Crippen LogP contribution in [0.2, 0.25) is 0 Å². The average Bonchev–Trinajstić information content (AvgIpc) is 3.07. The molecule has 10 heteroatoms. The highest BCUT2D eigenvalue weighted by atomic mass is 35.5. The normalized spacial score (nSPS) is 11.0. The zero-order valence-corrected chi connectivity index (χ0v) is 17.8. The molecule has 2 heterocycles. The minimum atomic E-state index is -1.02. The monoisotopic (exact) mass is 451 g/mol. The largest absolute Gasteiger partial charge is 0.480 e. The standard InChI is InChI=1S/C20H21N5O3.2ClH/c1-25-18(12-16(24-25)15-7-9-21-10-8-15)23-20(28)17(22-13-19(26)27)11-14-5-3-2-4-6-14;;/h2-10,12,17,22H,11,13H2,1H3,(H,23,28)(H,26,27);2*1H. The first-order valence-corrected chi connectivity index (χ1v) is 8.77. The minimum Gasteiger partial charge on any atom is -0.480 e. The number of hydrogen-bond donors (Lipinski definition) is 3. The molecule has 0 fully saturated rings. The van der Waals surface area contributed by atoms with Crippen LogP contribution >= 0.6 is 24.8 Å². The first-order chi connectivity index (χ1) is 13.5. The van der Waals surface area contributed by atoms with E-state index in [1.165, 1.54) is 0 Å². The van der Waals surface area contributed by atoms with Gasteiger partial charge in [-0.2, -0.15) is 5.10 Å². The summed E-state index contributed by atoms with van der Waals surface area (Å²) in [6.45, 7) is -0.307. The number of nitrogens with one attached hydrogen (secondary N) is 2. The van der Waals surface area contributed by atoms with Gasteiger partial charge < -0.3 is 10.4 Å². The maximum atomic E-state index is 12.8. The van der Waals surface area contributed by atoms with Crippen molar-refractivity contribution in [2.75, 3.05) is 11.9 Å². The number of benzene rings is 1. The van der Waals surface area contributed by atoms with Crippen molar-refractivity contribution >= 4 is 42.5 Å². The summed E-state index contributed by atoms with van der Waals surface area (Å²) in [5.41, 5.74) is 2.53. The van der Waals surface area contributed by atoms with Crippen LogP contribution in [0, 0.1) is 0 Å². The third-order valence-corrected chi connectivity index (χ3v) is 4.21. The molecule has 1 unspecified atom stereocenters. The van der Waals surface area contributed by atoms with E-state index in [9.17, 15) is 9.59 Å². The highest BCUT2D eigenvalue weighted by molar-refractivity contribution is 5.95. The van der Waals surface area contributed by atoms with Gasteiger partial charge in [-0.1, -0.05) is 30.3 Å². The van der Waals surface area contributed by atoms with Crippen LogP contribution in [0.5, 0.6) is 0 Å². The molecule has 0 saturated carbocycles. The smallest absolute Gasteiger partial charge is 0.317 e. The van der Waals surface area contributed by atoms with Crippen molar-refractivity contribution in [2.24, 2.45) is 7.05 Å². The van der Waals surface area contributed by atoms with Gasteiger partial charge in [-0.25, -0.2) is 0 Å². The third kappa shape index (κ3) is 6.84. The Bertz CT molecular complexity index is 952. The number of anilines is 1. The number of amides is 1. The second kappa shape index (κ2) is 11.9. The van der Waals surface area contributed by atoms with Crippen molar-refractivity contribution in [3.05, 3.63) is 66.5 Å². The summed E-state index contributed by atoms with van der Waals surface area (Å²) < 4.78 is 1.57. The molecular weight excluding hydrogens is 429 g/mol. The molecule has 2 aromatic heterocycles. The van der Waals surface area contributed by atoms with Gasteiger partial charge in [-0.05, 0) is 24.1 Å². The molecule has 0 aliphatic rings. The summed E-state index contributed by atoms with van der Waals surface area (Å²) >= 11 is 0. The number of halogens is 2. The maximum absolute atomic E-state index is 12.8. The number of aromatic nitrogens is 3. The van der Waals surface area contributed by atoms with Crippen LogP contribution in [0.25, 0.3) is 11.3 Å². The van der Waals surface area contributed by atoms with Crippen LogP contribution in [-0.4, -0.2) is 44.3 Å². The molecule has 3 rings (SSSR count). The molecule has 8 nitrogen and oxygen atoms in total. The fraction of sp³-hybridized carbons (Fsp3) is 0.200. The van der Waals surface area contributed by atoms with Gasteiger partial charge in [0, 0.05) is 31.1 Å². The SMILES string of the molecule is Cl.Cl.Cn1nc(-c2ccncc2)cc1NC(=O)C(Cc1ccccc1)NCC(=O)O. The lowest BCUT2D eigenvalue weighted by atomic mass is 10.1. The second-order valence-corrected chi connectivity index (χ2v) is 6.28. The van der Waals surface area contributed by atoms with Crippen molar-refractivity contribution in [1.29, 1.82) is 0 Å². The van der Waals surface area contributed by atoms with E-state index in [2.05, 4.69) is 20.7 Å². The number of pyridine rings is 1. The predicted molar refractivity (Wildman–Crippen MR) is 119 cm³/mol. The van der Waals surface area contributed by atoms with E-state index in [-0.39, 0.29) is 37.3 Å². The van der Waals surface area contributed by atoms with E-state index in [0.717, 1.165) is 11.1 Å². The fourth-order valence-corrected chi connectivity index (χ4v) is 2.78. The van der Waals surface area contributed by atoms with Gasteiger partial charge in [0.05, 0.1) is 18.3 Å². The molecule has 3 aromatic rings. The number of carboxylic acids is 1. The number of carbonyl (C=O) groups excluding carboxylic acids is 1. The maximum Gasteiger partial charge on any atom is 0.317 e. The number of aliphatic carboxylic acids is 1. The quantitative estimate of drug-likeness (QED) is 0.485. The van der Waals surface area contributed by atoms with E-state index < -0.39 is 12.0 Å². The summed E-state index contributed by atoms with van der Waals surface area (Å²) in [7, 11) is 1.73. The topological polar surface area (TPSA) is 109 Å². The van der Waals surface area contributed by atoms with E-state index in [1.807, 2.05) is 42.5 Å². The van der Waals surface area contributed by atoms with Gasteiger partial charge in [-0.15, -0.1) is 24.8 Å². The molecule has 0 aliphatic heterocycles. The third-order valence-electron chi connectivity index (χ3n) is 4.21. The molecule has 0 saturated heterocycles. The zero-order chi connectivity index (χ0) is 19.9. The summed E-state index contributed by atoms with van der Waals surface area (Å²) in [5, 5.41) is 19.0. The van der Waals surface area contributed by atoms with Crippen LogP contribution < -0.4 is 10.6 Å². The van der Waals surface area contributed by atoms with Gasteiger partial charge in [0.2, 0.25) is 5.91 Å². The molecule has 3 N–H and O–H groups in total. The molecule has 1 aromatic carbocycles. The molecular formula is C20H23Cl2N5O3. The van der Waals surface area contributed by atoms with Gasteiger partial charge >= 0.3 is 5.97 Å². The molecule has 0 aliphatic carbocycles. The lowest BCUT2D eigenvalue weighted by Crippen LogP contribution is -2.44. The second-order valence-electron chi connectivity index (χ2n) is 6.28. The highest BCUT2D eigenvalue weighted by Gasteiger charge is 2.21. The highest BCUT2D eigenvalue weighted by Crippen LogP contribution is 2.20. The summed E-state index contributed by atoms with van der Waals surface area (Å²) in [5.74, 6) is -0.826. The Balaban J connectivity index is 0.00000225. The lowest BCUT2D eigenvalue weighted by molar-refractivity contribution is -0.136.